The van der Waals surface area contributed by atoms with Crippen LogP contribution in [0.25, 0.3) is 22.3 Å². The Labute approximate surface area is 430 Å². The van der Waals surface area contributed by atoms with Gasteiger partial charge in [0, 0.05) is 18.7 Å². The lowest BCUT2D eigenvalue weighted by Gasteiger charge is -2.19. The first-order valence-electron chi connectivity index (χ1n) is 23.9. The summed E-state index contributed by atoms with van der Waals surface area (Å²) in [6.07, 6.45) is -1.03. The SMILES string of the molecule is COC(=O)Oc1cccc(-c2cccc(CNCC[C@H]3CN(c4ccc5c(n4)NC(=O)CO5)C(=O)O3)c2)c1.COc1ccc(C#N)cc1-c1cccc(CNCC[C@H]2CN(c3ccc4c(n3)NC(=O)CO4)C(=O)O2)c1. The van der Waals surface area contributed by atoms with E-state index in [1.807, 2.05) is 54.6 Å². The molecule has 384 valence electrons. The summed E-state index contributed by atoms with van der Waals surface area (Å²) in [7, 11) is 2.88. The van der Waals surface area contributed by atoms with Crippen molar-refractivity contribution >= 4 is 53.4 Å². The fourth-order valence-electron chi connectivity index (χ4n) is 8.51. The molecule has 21 heteroatoms. The summed E-state index contributed by atoms with van der Waals surface area (Å²) in [6, 6.07) is 37.5. The van der Waals surface area contributed by atoms with Gasteiger partial charge in [0.2, 0.25) is 0 Å². The minimum Gasteiger partial charge on any atom is -0.496 e. The lowest BCUT2D eigenvalue weighted by Crippen LogP contribution is -2.29. The Morgan fingerprint density at radius 2 is 1.21 bits per heavy atom. The molecular weight excluding hydrogens is 967 g/mol. The summed E-state index contributed by atoms with van der Waals surface area (Å²) in [6.45, 7) is 3.16. The van der Waals surface area contributed by atoms with E-state index in [2.05, 4.69) is 54.2 Å². The van der Waals surface area contributed by atoms with Crippen LogP contribution in [0.15, 0.2) is 115 Å². The largest absolute Gasteiger partial charge is 0.513 e. The maximum Gasteiger partial charge on any atom is 0.513 e. The van der Waals surface area contributed by atoms with Crippen molar-refractivity contribution in [2.45, 2.75) is 38.1 Å². The fourth-order valence-corrected chi connectivity index (χ4v) is 8.51. The Hall–Kier alpha value is -9.26. The standard InChI is InChI=1S/C27H25N5O5.C27H26N4O7/c1-35-22-6-5-17(13-28)12-21(22)19-4-2-3-18(11-19)14-29-10-9-20-15-32(27(34)37-20)24-8-7-23-26(30-24)31-25(33)16-36-23;1-35-27(34)38-20-7-3-6-19(13-20)18-5-2-4-17(12-18)14-28-11-10-21-15-31(26(33)37-21)23-9-8-22-25(29-23)30-24(32)16-36-22/h2-8,11-12,20,29H,9-10,14-16H2,1H3,(H,30,31,33);2-9,12-13,21,28H,10-11,14-16H2,1H3,(H,29,30,32)/t20-;21-/m00/s1. The second-order valence-electron chi connectivity index (χ2n) is 17.4. The van der Waals surface area contributed by atoms with Crippen LogP contribution in [0.4, 0.5) is 37.7 Å². The van der Waals surface area contributed by atoms with Gasteiger partial charge in [-0.15, -0.1) is 0 Å². The van der Waals surface area contributed by atoms with E-state index in [1.165, 1.54) is 16.9 Å². The van der Waals surface area contributed by atoms with E-state index in [0.29, 0.717) is 104 Å². The monoisotopic (exact) mass is 1020 g/mol. The number of benzene rings is 4. The van der Waals surface area contributed by atoms with Crippen LogP contribution in [0.5, 0.6) is 23.0 Å². The van der Waals surface area contributed by atoms with Gasteiger partial charge in [0.05, 0.1) is 38.9 Å². The summed E-state index contributed by atoms with van der Waals surface area (Å²) in [5.74, 6) is 2.86. The molecule has 21 nitrogen and oxygen atoms in total. The number of anilines is 4. The third-order valence-electron chi connectivity index (χ3n) is 12.2. The first kappa shape index (κ1) is 50.7. The molecule has 4 aromatic carbocycles. The van der Waals surface area contributed by atoms with Crippen molar-refractivity contribution in [2.24, 2.45) is 0 Å². The molecule has 0 aliphatic carbocycles. The Balaban J connectivity index is 0.000000184. The van der Waals surface area contributed by atoms with Crippen molar-refractivity contribution in [3.8, 4) is 51.3 Å². The number of carbonyl (C=O) groups excluding carboxylic acids is 5. The van der Waals surface area contributed by atoms with E-state index in [0.717, 1.165) is 33.4 Å². The molecule has 4 amide bonds. The van der Waals surface area contributed by atoms with E-state index in [1.54, 1.807) is 55.6 Å². The third-order valence-corrected chi connectivity index (χ3v) is 12.2. The van der Waals surface area contributed by atoms with Crippen LogP contribution < -0.4 is 50.0 Å². The molecule has 2 fully saturated rings. The van der Waals surface area contributed by atoms with Crippen LogP contribution in [-0.2, 0) is 36.9 Å². The quantitative estimate of drug-likeness (QED) is 0.0324. The third kappa shape index (κ3) is 12.7. The number of nitriles is 1. The number of aromatic nitrogens is 2. The summed E-state index contributed by atoms with van der Waals surface area (Å²) in [5, 5.41) is 21.3. The number of carbonyl (C=O) groups is 5. The smallest absolute Gasteiger partial charge is 0.496 e. The average Bonchev–Trinajstić information content (AvgIpc) is 4.01. The number of amides is 4. The molecule has 4 aliphatic heterocycles. The molecule has 0 bridgehead atoms. The van der Waals surface area contributed by atoms with E-state index in [4.69, 9.17) is 28.4 Å². The Morgan fingerprint density at radius 3 is 1.76 bits per heavy atom. The molecule has 75 heavy (non-hydrogen) atoms. The van der Waals surface area contributed by atoms with Crippen molar-refractivity contribution < 1.29 is 57.1 Å². The number of hydrogen-bond donors (Lipinski definition) is 4. The molecule has 0 radical (unpaired) electrons. The lowest BCUT2D eigenvalue weighted by molar-refractivity contribution is -0.119. The molecule has 6 heterocycles. The van der Waals surface area contributed by atoms with Gasteiger partial charge in [-0.25, -0.2) is 24.4 Å². The number of pyridine rings is 2. The molecular formula is C54H51N9O12. The zero-order valence-electron chi connectivity index (χ0n) is 40.8. The second kappa shape index (κ2) is 23.5. The molecule has 0 unspecified atom stereocenters. The highest BCUT2D eigenvalue weighted by Gasteiger charge is 2.35. The number of nitrogens with zero attached hydrogens (tertiary/aromatic N) is 5. The topological polar surface area (TPSA) is 254 Å². The van der Waals surface area contributed by atoms with Gasteiger partial charge in [-0.2, -0.15) is 5.26 Å². The lowest BCUT2D eigenvalue weighted by atomic mass is 10.00. The number of methoxy groups -OCH3 is 2. The number of rotatable bonds is 16. The van der Waals surface area contributed by atoms with Gasteiger partial charge in [-0.05, 0) is 120 Å². The van der Waals surface area contributed by atoms with Crippen LogP contribution in [0.3, 0.4) is 0 Å². The molecule has 2 atom stereocenters. The minimum atomic E-state index is -0.766. The highest BCUT2D eigenvalue weighted by Crippen LogP contribution is 2.34. The van der Waals surface area contributed by atoms with Crippen LogP contribution in [0.1, 0.15) is 29.5 Å². The predicted molar refractivity (Wildman–Crippen MR) is 273 cm³/mol. The molecule has 6 aromatic rings. The number of fused-ring (bicyclic) bond motifs is 2. The summed E-state index contributed by atoms with van der Waals surface area (Å²) in [4.78, 5) is 71.0. The van der Waals surface area contributed by atoms with Crippen molar-refractivity contribution in [3.05, 3.63) is 132 Å². The van der Waals surface area contributed by atoms with Gasteiger partial charge in [-0.3, -0.25) is 19.4 Å². The summed E-state index contributed by atoms with van der Waals surface area (Å²) >= 11 is 0. The first-order chi connectivity index (χ1) is 36.5. The number of ether oxygens (including phenoxy) is 7. The Kier molecular flexibility index (Phi) is 15.9. The Bertz CT molecular complexity index is 3170. The maximum absolute atomic E-state index is 12.4. The molecule has 2 saturated heterocycles. The molecule has 0 spiro atoms. The average molecular weight is 1020 g/mol. The zero-order chi connectivity index (χ0) is 52.3. The number of hydrogen-bond acceptors (Lipinski definition) is 17. The van der Waals surface area contributed by atoms with Crippen molar-refractivity contribution in [3.63, 3.8) is 0 Å². The summed E-state index contributed by atoms with van der Waals surface area (Å²) in [5.41, 5.74) is 6.45. The van der Waals surface area contributed by atoms with Gasteiger partial charge in [0.1, 0.15) is 35.3 Å². The van der Waals surface area contributed by atoms with E-state index < -0.39 is 18.3 Å². The highest BCUT2D eigenvalue weighted by molar-refractivity contribution is 5.96. The molecule has 10 rings (SSSR count). The first-order valence-corrected chi connectivity index (χ1v) is 23.9. The van der Waals surface area contributed by atoms with Crippen LogP contribution in [0, 0.1) is 11.3 Å². The van der Waals surface area contributed by atoms with Crippen molar-refractivity contribution in [1.82, 2.24) is 20.6 Å². The van der Waals surface area contributed by atoms with E-state index >= 15 is 0 Å². The van der Waals surface area contributed by atoms with Crippen LogP contribution in [-0.4, -0.2) is 106 Å². The van der Waals surface area contributed by atoms with E-state index in [-0.39, 0.29) is 37.2 Å². The van der Waals surface area contributed by atoms with Gasteiger partial charge < -0.3 is 54.4 Å². The molecule has 4 N–H and O–H groups in total. The van der Waals surface area contributed by atoms with Gasteiger partial charge in [-0.1, -0.05) is 48.5 Å². The van der Waals surface area contributed by atoms with Crippen LogP contribution >= 0.6 is 0 Å². The molecule has 4 aliphatic rings. The van der Waals surface area contributed by atoms with E-state index in [9.17, 15) is 29.2 Å². The second-order valence-corrected chi connectivity index (χ2v) is 17.4. The fraction of sp³-hybridized carbons (Fsp3) is 0.259. The number of cyclic esters (lactones) is 2. The van der Waals surface area contributed by atoms with Crippen molar-refractivity contribution in [1.29, 1.82) is 5.26 Å². The number of nitrogens with one attached hydrogen (secondary N) is 4. The van der Waals surface area contributed by atoms with Crippen LogP contribution in [0.2, 0.25) is 0 Å². The highest BCUT2D eigenvalue weighted by atomic mass is 16.7. The minimum absolute atomic E-state index is 0.0538. The zero-order valence-corrected chi connectivity index (χ0v) is 40.8. The van der Waals surface area contributed by atoms with Gasteiger partial charge in [0.25, 0.3) is 11.8 Å². The summed E-state index contributed by atoms with van der Waals surface area (Å²) < 4.78 is 36.8. The Morgan fingerprint density at radius 1 is 0.680 bits per heavy atom. The molecule has 2 aromatic heterocycles. The predicted octanol–water partition coefficient (Wildman–Crippen LogP) is 7.19. The molecule has 0 saturated carbocycles. The van der Waals surface area contributed by atoms with Gasteiger partial charge >= 0.3 is 18.3 Å². The normalized spacial score (nSPS) is 16.3. The van der Waals surface area contributed by atoms with Gasteiger partial charge in [0.15, 0.2) is 36.3 Å². The maximum atomic E-state index is 12.4. The van der Waals surface area contributed by atoms with Crippen molar-refractivity contribution in [2.75, 3.05) is 74.0 Å².